The van der Waals surface area contributed by atoms with E-state index in [-0.39, 0.29) is 11.5 Å². The van der Waals surface area contributed by atoms with E-state index >= 15 is 0 Å². The molecule has 2 rings (SSSR count). The van der Waals surface area contributed by atoms with Gasteiger partial charge in [-0.3, -0.25) is 4.98 Å². The van der Waals surface area contributed by atoms with Crippen molar-refractivity contribution in [2.24, 2.45) is 0 Å². The first-order chi connectivity index (χ1) is 10.6. The Morgan fingerprint density at radius 2 is 2.09 bits per heavy atom. The molecule has 1 heterocycles. The summed E-state index contributed by atoms with van der Waals surface area (Å²) in [5.74, 6) is 0.0957. The van der Waals surface area contributed by atoms with Crippen LogP contribution < -0.4 is 9.47 Å². The minimum atomic E-state index is -2.93. The molecule has 0 radical (unpaired) electrons. The lowest BCUT2D eigenvalue weighted by molar-refractivity contribution is -0.0512. The second-order valence-corrected chi connectivity index (χ2v) is 4.17. The zero-order valence-corrected chi connectivity index (χ0v) is 11.7. The Hall–Kier alpha value is -2.94. The van der Waals surface area contributed by atoms with Crippen LogP contribution in [0.3, 0.4) is 0 Å². The average molecular weight is 302 g/mol. The molecule has 6 heteroatoms. The monoisotopic (exact) mass is 302 g/mol. The second kappa shape index (κ2) is 7.18. The minimum Gasteiger partial charge on any atom is -0.493 e. The number of benzene rings is 1. The van der Waals surface area contributed by atoms with Crippen molar-refractivity contribution >= 4 is 11.6 Å². The number of alkyl halides is 2. The van der Waals surface area contributed by atoms with Crippen LogP contribution in [0.5, 0.6) is 11.5 Å². The molecule has 0 fully saturated rings. The fraction of sp³-hybridized carbons (Fsp3) is 0.125. The number of nitriles is 1. The molecule has 0 aliphatic heterocycles. The summed E-state index contributed by atoms with van der Waals surface area (Å²) >= 11 is 0. The van der Waals surface area contributed by atoms with Crippen molar-refractivity contribution in [3.05, 3.63) is 53.9 Å². The minimum absolute atomic E-state index is 0.0639. The Morgan fingerprint density at radius 3 is 2.68 bits per heavy atom. The van der Waals surface area contributed by atoms with E-state index in [4.69, 9.17) is 4.74 Å². The quantitative estimate of drug-likeness (QED) is 0.789. The van der Waals surface area contributed by atoms with Crippen LogP contribution in [0.25, 0.3) is 11.6 Å². The van der Waals surface area contributed by atoms with Crippen LogP contribution in [0.4, 0.5) is 8.78 Å². The van der Waals surface area contributed by atoms with Gasteiger partial charge in [-0.05, 0) is 35.9 Å². The van der Waals surface area contributed by atoms with Crippen molar-refractivity contribution in [3.8, 4) is 17.6 Å². The van der Waals surface area contributed by atoms with E-state index in [1.165, 1.54) is 19.2 Å². The molecule has 1 aromatic heterocycles. The molecule has 0 saturated carbocycles. The molecule has 0 aliphatic carbocycles. The highest BCUT2D eigenvalue weighted by Gasteiger charge is 2.11. The van der Waals surface area contributed by atoms with E-state index < -0.39 is 6.61 Å². The molecule has 112 valence electrons. The molecule has 0 amide bonds. The number of hydrogen-bond donors (Lipinski definition) is 0. The normalized spacial score (nSPS) is 11.1. The van der Waals surface area contributed by atoms with Crippen molar-refractivity contribution in [3.63, 3.8) is 0 Å². The fourth-order valence-corrected chi connectivity index (χ4v) is 1.82. The van der Waals surface area contributed by atoms with Gasteiger partial charge >= 0.3 is 6.61 Å². The standard InChI is InChI=1S/C16H12F2N2O2/c1-21-15-9-11(5-6-14(15)22-16(17)18)8-12(10-19)13-4-2-3-7-20-13/h2-9,16H,1H3/b12-8-. The van der Waals surface area contributed by atoms with Crippen LogP contribution in [-0.4, -0.2) is 18.7 Å². The summed E-state index contributed by atoms with van der Waals surface area (Å²) in [5.41, 5.74) is 1.49. The van der Waals surface area contributed by atoms with Gasteiger partial charge in [-0.2, -0.15) is 14.0 Å². The Labute approximate surface area is 126 Å². The second-order valence-electron chi connectivity index (χ2n) is 4.17. The van der Waals surface area contributed by atoms with Crippen LogP contribution in [0, 0.1) is 11.3 Å². The lowest BCUT2D eigenvalue weighted by Crippen LogP contribution is -2.03. The van der Waals surface area contributed by atoms with Gasteiger partial charge in [0.2, 0.25) is 0 Å². The number of halogens is 2. The smallest absolute Gasteiger partial charge is 0.387 e. The molecule has 22 heavy (non-hydrogen) atoms. The summed E-state index contributed by atoms with van der Waals surface area (Å²) in [7, 11) is 1.35. The number of rotatable bonds is 5. The number of ether oxygens (including phenoxy) is 2. The summed E-state index contributed by atoms with van der Waals surface area (Å²) in [6, 6.07) is 11.7. The zero-order valence-electron chi connectivity index (χ0n) is 11.7. The van der Waals surface area contributed by atoms with E-state index in [0.29, 0.717) is 16.8 Å². The molecule has 4 nitrogen and oxygen atoms in total. The number of methoxy groups -OCH3 is 1. The summed E-state index contributed by atoms with van der Waals surface area (Å²) in [4.78, 5) is 4.10. The summed E-state index contributed by atoms with van der Waals surface area (Å²) < 4.78 is 33.9. The number of hydrogen-bond acceptors (Lipinski definition) is 4. The van der Waals surface area contributed by atoms with Gasteiger partial charge in [0.15, 0.2) is 11.5 Å². The highest BCUT2D eigenvalue weighted by molar-refractivity contribution is 5.88. The molecule has 0 saturated heterocycles. The van der Waals surface area contributed by atoms with Crippen molar-refractivity contribution < 1.29 is 18.3 Å². The van der Waals surface area contributed by atoms with E-state index in [1.54, 1.807) is 36.5 Å². The lowest BCUT2D eigenvalue weighted by Gasteiger charge is -2.10. The Morgan fingerprint density at radius 1 is 1.27 bits per heavy atom. The molecule has 2 aromatic rings. The molecule has 0 unspecified atom stereocenters. The predicted octanol–water partition coefficient (Wildman–Crippen LogP) is 3.76. The number of allylic oxidation sites excluding steroid dienone is 1. The maximum atomic E-state index is 12.3. The van der Waals surface area contributed by atoms with Crippen molar-refractivity contribution in [2.75, 3.05) is 7.11 Å². The first-order valence-electron chi connectivity index (χ1n) is 6.30. The van der Waals surface area contributed by atoms with Crippen molar-refractivity contribution in [2.45, 2.75) is 6.61 Å². The molecule has 0 N–H and O–H groups in total. The van der Waals surface area contributed by atoms with E-state index in [2.05, 4.69) is 15.8 Å². The lowest BCUT2D eigenvalue weighted by atomic mass is 10.1. The molecule has 0 bridgehead atoms. The van der Waals surface area contributed by atoms with Gasteiger partial charge in [0.25, 0.3) is 0 Å². The van der Waals surface area contributed by atoms with E-state index in [1.807, 2.05) is 0 Å². The molecule has 1 aromatic carbocycles. The van der Waals surface area contributed by atoms with Crippen LogP contribution >= 0.6 is 0 Å². The largest absolute Gasteiger partial charge is 0.493 e. The van der Waals surface area contributed by atoms with Gasteiger partial charge in [0.05, 0.1) is 18.4 Å². The number of nitrogens with zero attached hydrogens (tertiary/aromatic N) is 2. The topological polar surface area (TPSA) is 55.1 Å². The maximum Gasteiger partial charge on any atom is 0.387 e. The number of pyridine rings is 1. The molecule has 0 atom stereocenters. The third-order valence-corrected chi connectivity index (χ3v) is 2.78. The average Bonchev–Trinajstić information content (AvgIpc) is 2.54. The molecular formula is C16H12F2N2O2. The molecular weight excluding hydrogens is 290 g/mol. The van der Waals surface area contributed by atoms with Gasteiger partial charge in [0.1, 0.15) is 6.07 Å². The third kappa shape index (κ3) is 3.79. The molecule has 0 aliphatic rings. The van der Waals surface area contributed by atoms with E-state index in [9.17, 15) is 14.0 Å². The van der Waals surface area contributed by atoms with Crippen molar-refractivity contribution in [1.29, 1.82) is 5.26 Å². The first-order valence-corrected chi connectivity index (χ1v) is 6.30. The highest BCUT2D eigenvalue weighted by atomic mass is 19.3. The zero-order chi connectivity index (χ0) is 15.9. The van der Waals surface area contributed by atoms with Gasteiger partial charge in [0, 0.05) is 6.20 Å². The van der Waals surface area contributed by atoms with Crippen LogP contribution in [0.15, 0.2) is 42.6 Å². The summed E-state index contributed by atoms with van der Waals surface area (Å²) in [6.07, 6.45) is 3.18. The molecule has 0 spiro atoms. The number of aromatic nitrogens is 1. The van der Waals surface area contributed by atoms with Gasteiger partial charge in [-0.1, -0.05) is 12.1 Å². The first kappa shape index (κ1) is 15.4. The van der Waals surface area contributed by atoms with Gasteiger partial charge in [-0.15, -0.1) is 0 Å². The van der Waals surface area contributed by atoms with Gasteiger partial charge in [-0.25, -0.2) is 0 Å². The highest BCUT2D eigenvalue weighted by Crippen LogP contribution is 2.30. The Balaban J connectivity index is 2.36. The maximum absolute atomic E-state index is 12.3. The van der Waals surface area contributed by atoms with Crippen LogP contribution in [0.2, 0.25) is 0 Å². The predicted molar refractivity (Wildman–Crippen MR) is 77.3 cm³/mol. The summed E-state index contributed by atoms with van der Waals surface area (Å²) in [5, 5.41) is 9.23. The van der Waals surface area contributed by atoms with Crippen LogP contribution in [0.1, 0.15) is 11.3 Å². The Kier molecular flexibility index (Phi) is 5.04. The Bertz CT molecular complexity index is 710. The SMILES string of the molecule is COc1cc(/C=C(/C#N)c2ccccn2)ccc1OC(F)F. The summed E-state index contributed by atoms with van der Waals surface area (Å²) in [6.45, 7) is -2.93. The van der Waals surface area contributed by atoms with Crippen molar-refractivity contribution in [1.82, 2.24) is 4.98 Å². The van der Waals surface area contributed by atoms with E-state index in [0.717, 1.165) is 0 Å². The van der Waals surface area contributed by atoms with Crippen LogP contribution in [-0.2, 0) is 0 Å². The van der Waals surface area contributed by atoms with Gasteiger partial charge < -0.3 is 9.47 Å². The third-order valence-electron chi connectivity index (χ3n) is 2.78. The fourth-order valence-electron chi connectivity index (χ4n) is 1.82.